The number of nitrogens with zero attached hydrogens (tertiary/aromatic N) is 1. The Labute approximate surface area is 180 Å². The van der Waals surface area contributed by atoms with E-state index >= 15 is 0 Å². The van der Waals surface area contributed by atoms with Crippen LogP contribution >= 0.6 is 0 Å². The number of rotatable bonds is 1. The molecule has 0 saturated carbocycles. The fraction of sp³-hybridized carbons (Fsp3) is 0.0667. The minimum absolute atomic E-state index is 1.29. The summed E-state index contributed by atoms with van der Waals surface area (Å²) < 4.78 is 2.49. The van der Waals surface area contributed by atoms with Gasteiger partial charge in [0.2, 0.25) is 0 Å². The molecule has 0 N–H and O–H groups in total. The highest BCUT2D eigenvalue weighted by atomic mass is 14.9. The summed E-state index contributed by atoms with van der Waals surface area (Å²) in [5.74, 6) is 0. The molecule has 0 radical (unpaired) electrons. The molecule has 2 heterocycles. The number of hydrogen-bond donors (Lipinski definition) is 0. The maximum atomic E-state index is 2.49. The van der Waals surface area contributed by atoms with E-state index in [-0.39, 0.29) is 0 Å². The van der Waals surface area contributed by atoms with E-state index in [2.05, 4.69) is 109 Å². The number of fused-ring (bicyclic) bond motifs is 8. The van der Waals surface area contributed by atoms with Gasteiger partial charge >= 0.3 is 0 Å². The van der Waals surface area contributed by atoms with Crippen LogP contribution in [-0.2, 0) is 0 Å². The molecule has 0 fully saturated rings. The van der Waals surface area contributed by atoms with E-state index in [0.29, 0.717) is 0 Å². The van der Waals surface area contributed by atoms with Crippen LogP contribution in [0.25, 0.3) is 60.0 Å². The predicted octanol–water partition coefficient (Wildman–Crippen LogP) is 8.27. The van der Waals surface area contributed by atoms with Gasteiger partial charge in [0.15, 0.2) is 0 Å². The summed E-state index contributed by atoms with van der Waals surface area (Å²) in [5.41, 5.74) is 9.22. The van der Waals surface area contributed by atoms with Crippen molar-refractivity contribution in [3.05, 3.63) is 102 Å². The van der Waals surface area contributed by atoms with Gasteiger partial charge in [-0.1, -0.05) is 78.9 Å². The largest absolute Gasteiger partial charge is 0.307 e. The van der Waals surface area contributed by atoms with Gasteiger partial charge < -0.3 is 4.40 Å². The first kappa shape index (κ1) is 16.9. The van der Waals surface area contributed by atoms with E-state index in [4.69, 9.17) is 0 Å². The second-order valence-corrected chi connectivity index (χ2v) is 8.72. The molecule has 0 aliphatic rings. The van der Waals surface area contributed by atoms with Crippen LogP contribution in [0.2, 0.25) is 0 Å². The van der Waals surface area contributed by atoms with E-state index in [9.17, 15) is 0 Å². The van der Waals surface area contributed by atoms with E-state index in [1.54, 1.807) is 0 Å². The predicted molar refractivity (Wildman–Crippen MR) is 134 cm³/mol. The third-order valence-electron chi connectivity index (χ3n) is 6.98. The molecule has 0 spiro atoms. The summed E-state index contributed by atoms with van der Waals surface area (Å²) in [6.45, 7) is 4.43. The molecule has 0 aliphatic heterocycles. The molecule has 0 amide bonds. The van der Waals surface area contributed by atoms with Crippen molar-refractivity contribution in [2.75, 3.05) is 0 Å². The van der Waals surface area contributed by atoms with Gasteiger partial charge in [-0.15, -0.1) is 0 Å². The zero-order valence-electron chi connectivity index (χ0n) is 17.6. The molecule has 7 rings (SSSR count). The zero-order valence-corrected chi connectivity index (χ0v) is 17.6. The van der Waals surface area contributed by atoms with Gasteiger partial charge in [0.05, 0.1) is 16.6 Å². The first-order valence-corrected chi connectivity index (χ1v) is 10.9. The minimum Gasteiger partial charge on any atom is -0.307 e. The summed E-state index contributed by atoms with van der Waals surface area (Å²) in [6, 6.07) is 33.6. The monoisotopic (exact) mass is 395 g/mol. The SMILES string of the molecule is Cc1ccccc1-c1cc2c(ccc3c4cccc5c6ccccc6n(c23)c54)cc1C. The van der Waals surface area contributed by atoms with Crippen LogP contribution in [0.5, 0.6) is 0 Å². The Kier molecular flexibility index (Phi) is 3.20. The summed E-state index contributed by atoms with van der Waals surface area (Å²) >= 11 is 0. The van der Waals surface area contributed by atoms with Crippen molar-refractivity contribution in [1.29, 1.82) is 0 Å². The fourth-order valence-corrected chi connectivity index (χ4v) is 5.56. The van der Waals surface area contributed by atoms with Crippen LogP contribution in [0.1, 0.15) is 11.1 Å². The Morgan fingerprint density at radius 1 is 0.484 bits per heavy atom. The van der Waals surface area contributed by atoms with Gasteiger partial charge in [-0.2, -0.15) is 0 Å². The van der Waals surface area contributed by atoms with E-state index in [1.807, 2.05) is 0 Å². The highest BCUT2D eigenvalue weighted by molar-refractivity contribution is 6.27. The van der Waals surface area contributed by atoms with Crippen molar-refractivity contribution in [1.82, 2.24) is 4.40 Å². The number of aromatic nitrogens is 1. The van der Waals surface area contributed by atoms with E-state index < -0.39 is 0 Å². The Morgan fingerprint density at radius 3 is 2.03 bits per heavy atom. The molecule has 0 bridgehead atoms. The lowest BCUT2D eigenvalue weighted by atomic mass is 9.93. The Morgan fingerprint density at radius 2 is 1.16 bits per heavy atom. The standard InChI is InChI=1S/C30H21N/c1-18-8-3-4-9-21(18)26-17-27-20(16-19(26)2)14-15-25-24-12-7-11-23-22-10-5-6-13-28(22)31(29(23)24)30(25)27/h3-17H,1-2H3. The van der Waals surface area contributed by atoms with Gasteiger partial charge in [0.25, 0.3) is 0 Å². The lowest BCUT2D eigenvalue weighted by Gasteiger charge is -2.12. The Bertz CT molecular complexity index is 1800. The molecule has 0 saturated heterocycles. The first-order chi connectivity index (χ1) is 15.2. The topological polar surface area (TPSA) is 4.41 Å². The Hall–Kier alpha value is -3.84. The lowest BCUT2D eigenvalue weighted by molar-refractivity contribution is 1.38. The van der Waals surface area contributed by atoms with Gasteiger partial charge in [0, 0.05) is 26.9 Å². The van der Waals surface area contributed by atoms with Gasteiger partial charge in [-0.05, 0) is 53.6 Å². The van der Waals surface area contributed by atoms with Crippen molar-refractivity contribution in [2.24, 2.45) is 0 Å². The van der Waals surface area contributed by atoms with E-state index in [0.717, 1.165) is 0 Å². The highest BCUT2D eigenvalue weighted by Gasteiger charge is 2.19. The average molecular weight is 396 g/mol. The van der Waals surface area contributed by atoms with Crippen molar-refractivity contribution >= 4 is 48.9 Å². The molecule has 0 aliphatic carbocycles. The molecular formula is C30H21N. The Balaban J connectivity index is 1.75. The second-order valence-electron chi connectivity index (χ2n) is 8.72. The van der Waals surface area contributed by atoms with Gasteiger partial charge in [-0.3, -0.25) is 0 Å². The summed E-state index contributed by atoms with van der Waals surface area (Å²) in [5, 5.41) is 7.95. The van der Waals surface area contributed by atoms with Crippen LogP contribution < -0.4 is 0 Å². The van der Waals surface area contributed by atoms with Crippen LogP contribution in [0.3, 0.4) is 0 Å². The third-order valence-corrected chi connectivity index (χ3v) is 6.98. The van der Waals surface area contributed by atoms with Crippen LogP contribution in [0, 0.1) is 13.8 Å². The molecule has 1 nitrogen and oxygen atoms in total. The second kappa shape index (κ2) is 5.86. The van der Waals surface area contributed by atoms with Crippen molar-refractivity contribution in [3.63, 3.8) is 0 Å². The maximum Gasteiger partial charge on any atom is 0.0620 e. The summed E-state index contributed by atoms with van der Waals surface area (Å²) in [6.07, 6.45) is 0. The smallest absolute Gasteiger partial charge is 0.0620 e. The first-order valence-electron chi connectivity index (χ1n) is 10.9. The maximum absolute atomic E-state index is 2.49. The molecule has 31 heavy (non-hydrogen) atoms. The van der Waals surface area contributed by atoms with Gasteiger partial charge in [0.1, 0.15) is 0 Å². The molecule has 5 aromatic carbocycles. The average Bonchev–Trinajstić information content (AvgIpc) is 3.31. The number of aryl methyl sites for hydroxylation is 2. The summed E-state index contributed by atoms with van der Waals surface area (Å²) in [7, 11) is 0. The molecule has 1 heteroatoms. The quantitative estimate of drug-likeness (QED) is 0.263. The fourth-order valence-electron chi connectivity index (χ4n) is 5.56. The number of hydrogen-bond acceptors (Lipinski definition) is 0. The normalized spacial score (nSPS) is 12.2. The highest BCUT2D eigenvalue weighted by Crippen LogP contribution is 2.42. The summed E-state index contributed by atoms with van der Waals surface area (Å²) in [4.78, 5) is 0. The molecule has 0 atom stereocenters. The molecule has 2 aromatic heterocycles. The third kappa shape index (κ3) is 2.11. The molecule has 0 unspecified atom stereocenters. The number of benzene rings is 5. The van der Waals surface area contributed by atoms with Crippen molar-refractivity contribution in [3.8, 4) is 11.1 Å². The van der Waals surface area contributed by atoms with E-state index in [1.165, 1.54) is 71.1 Å². The molecule has 146 valence electrons. The number of para-hydroxylation sites is 2. The molecular weight excluding hydrogens is 374 g/mol. The zero-order chi connectivity index (χ0) is 20.7. The van der Waals surface area contributed by atoms with Gasteiger partial charge in [-0.25, -0.2) is 0 Å². The van der Waals surface area contributed by atoms with Crippen molar-refractivity contribution < 1.29 is 0 Å². The molecule has 7 aromatic rings. The van der Waals surface area contributed by atoms with Crippen LogP contribution in [0.15, 0.2) is 91.0 Å². The minimum atomic E-state index is 1.29. The lowest BCUT2D eigenvalue weighted by Crippen LogP contribution is -1.89. The van der Waals surface area contributed by atoms with Crippen LogP contribution in [-0.4, -0.2) is 4.40 Å². The van der Waals surface area contributed by atoms with Crippen molar-refractivity contribution in [2.45, 2.75) is 13.8 Å². The van der Waals surface area contributed by atoms with Crippen LogP contribution in [0.4, 0.5) is 0 Å².